The highest BCUT2D eigenvalue weighted by Crippen LogP contribution is 2.35. The average Bonchev–Trinajstić information content (AvgIpc) is 2.39. The summed E-state index contributed by atoms with van der Waals surface area (Å²) in [5.41, 5.74) is 1.41. The molecular weight excluding hydrogens is 200 g/mol. The minimum absolute atomic E-state index is 0.0356. The smallest absolute Gasteiger partial charge is 0.308 e. The number of hydrogen-bond acceptors (Lipinski definition) is 2. The monoisotopic (exact) mass is 218 g/mol. The highest BCUT2D eigenvalue weighted by molar-refractivity contribution is 5.72. The zero-order valence-corrected chi connectivity index (χ0v) is 9.69. The second-order valence-corrected chi connectivity index (χ2v) is 4.48. The molecule has 0 unspecified atom stereocenters. The minimum Gasteiger partial charge on any atom is -0.469 e. The molecule has 0 aromatic heterocycles. The molecule has 1 fully saturated rings. The van der Waals surface area contributed by atoms with Gasteiger partial charge in [0.25, 0.3) is 0 Å². The van der Waals surface area contributed by atoms with E-state index in [0.29, 0.717) is 5.92 Å². The van der Waals surface area contributed by atoms with Gasteiger partial charge in [-0.2, -0.15) is 0 Å². The lowest BCUT2D eigenvalue weighted by Crippen LogP contribution is -2.22. The zero-order chi connectivity index (χ0) is 11.4. The summed E-state index contributed by atoms with van der Waals surface area (Å²) in [5.74, 6) is 0.721. The zero-order valence-electron chi connectivity index (χ0n) is 9.69. The third kappa shape index (κ3) is 2.43. The maximum Gasteiger partial charge on any atom is 0.308 e. The molecule has 0 heterocycles. The highest BCUT2D eigenvalue weighted by Gasteiger charge is 2.27. The van der Waals surface area contributed by atoms with E-state index in [1.807, 2.05) is 6.07 Å². The van der Waals surface area contributed by atoms with Gasteiger partial charge in [0.15, 0.2) is 0 Å². The molecule has 0 spiro atoms. The van der Waals surface area contributed by atoms with Crippen molar-refractivity contribution in [2.75, 3.05) is 7.11 Å². The summed E-state index contributed by atoms with van der Waals surface area (Å²) < 4.78 is 4.79. The third-order valence-corrected chi connectivity index (χ3v) is 3.53. The van der Waals surface area contributed by atoms with Crippen molar-refractivity contribution < 1.29 is 9.53 Å². The Labute approximate surface area is 96.6 Å². The molecule has 1 aromatic carbocycles. The van der Waals surface area contributed by atoms with E-state index in [2.05, 4.69) is 24.3 Å². The Morgan fingerprint density at radius 3 is 2.31 bits per heavy atom. The maximum atomic E-state index is 11.4. The molecular formula is C14H18O2. The fourth-order valence-electron chi connectivity index (χ4n) is 2.55. The molecule has 0 atom stereocenters. The van der Waals surface area contributed by atoms with Gasteiger partial charge < -0.3 is 4.74 Å². The van der Waals surface area contributed by atoms with Crippen LogP contribution in [0.1, 0.15) is 37.2 Å². The molecule has 0 bridgehead atoms. The van der Waals surface area contributed by atoms with Crippen LogP contribution in [0.2, 0.25) is 0 Å². The molecule has 2 rings (SSSR count). The Morgan fingerprint density at radius 2 is 1.75 bits per heavy atom. The van der Waals surface area contributed by atoms with E-state index in [1.54, 1.807) is 0 Å². The highest BCUT2D eigenvalue weighted by atomic mass is 16.5. The predicted octanol–water partition coefficient (Wildman–Crippen LogP) is 3.13. The fraction of sp³-hybridized carbons (Fsp3) is 0.500. The normalized spacial score (nSPS) is 25.1. The summed E-state index contributed by atoms with van der Waals surface area (Å²) in [4.78, 5) is 11.4. The van der Waals surface area contributed by atoms with Crippen molar-refractivity contribution in [3.8, 4) is 0 Å². The lowest BCUT2D eigenvalue weighted by molar-refractivity contribution is -0.146. The van der Waals surface area contributed by atoms with E-state index in [9.17, 15) is 4.79 Å². The Morgan fingerprint density at radius 1 is 1.12 bits per heavy atom. The summed E-state index contributed by atoms with van der Waals surface area (Å²) in [5, 5.41) is 0. The molecule has 1 aliphatic rings. The van der Waals surface area contributed by atoms with E-state index in [-0.39, 0.29) is 11.9 Å². The number of rotatable bonds is 2. The molecule has 0 aliphatic heterocycles. The summed E-state index contributed by atoms with van der Waals surface area (Å²) >= 11 is 0. The first-order chi connectivity index (χ1) is 7.81. The summed E-state index contributed by atoms with van der Waals surface area (Å²) in [6.45, 7) is 0. The van der Waals surface area contributed by atoms with Gasteiger partial charge in [-0.05, 0) is 37.2 Å². The number of ether oxygens (including phenoxy) is 1. The summed E-state index contributed by atoms with van der Waals surface area (Å²) in [6.07, 6.45) is 4.13. The van der Waals surface area contributed by atoms with Gasteiger partial charge in [0, 0.05) is 0 Å². The number of carbonyl (C=O) groups is 1. The van der Waals surface area contributed by atoms with E-state index in [0.717, 1.165) is 25.7 Å². The molecule has 1 saturated carbocycles. The molecule has 86 valence electrons. The SMILES string of the molecule is COC(=O)C1CCC(c2ccccc2)CC1. The maximum absolute atomic E-state index is 11.4. The number of benzene rings is 1. The number of methoxy groups -OCH3 is 1. The van der Waals surface area contributed by atoms with Gasteiger partial charge in [-0.1, -0.05) is 30.3 Å². The lowest BCUT2D eigenvalue weighted by atomic mass is 9.79. The lowest BCUT2D eigenvalue weighted by Gasteiger charge is -2.27. The second-order valence-electron chi connectivity index (χ2n) is 4.48. The molecule has 2 heteroatoms. The molecule has 0 amide bonds. The van der Waals surface area contributed by atoms with Crippen LogP contribution >= 0.6 is 0 Å². The van der Waals surface area contributed by atoms with Crippen molar-refractivity contribution in [3.63, 3.8) is 0 Å². The largest absolute Gasteiger partial charge is 0.469 e. The number of carbonyl (C=O) groups excluding carboxylic acids is 1. The first-order valence-corrected chi connectivity index (χ1v) is 5.94. The van der Waals surface area contributed by atoms with Crippen LogP contribution < -0.4 is 0 Å². The molecule has 1 aliphatic carbocycles. The Bertz CT molecular complexity index is 337. The van der Waals surface area contributed by atoms with Crippen LogP contribution in [-0.4, -0.2) is 13.1 Å². The summed E-state index contributed by atoms with van der Waals surface area (Å²) in [7, 11) is 1.48. The second kappa shape index (κ2) is 5.15. The van der Waals surface area contributed by atoms with Crippen LogP contribution in [0.3, 0.4) is 0 Å². The predicted molar refractivity (Wildman–Crippen MR) is 63.2 cm³/mol. The molecule has 0 radical (unpaired) electrons. The minimum atomic E-state index is -0.0356. The van der Waals surface area contributed by atoms with Crippen LogP contribution in [0.25, 0.3) is 0 Å². The Kier molecular flexibility index (Phi) is 3.60. The van der Waals surface area contributed by atoms with Gasteiger partial charge in [-0.25, -0.2) is 0 Å². The first-order valence-electron chi connectivity index (χ1n) is 5.94. The van der Waals surface area contributed by atoms with Gasteiger partial charge in [0.1, 0.15) is 0 Å². The van der Waals surface area contributed by atoms with Crippen molar-refractivity contribution in [1.29, 1.82) is 0 Å². The van der Waals surface area contributed by atoms with Gasteiger partial charge in [0.05, 0.1) is 13.0 Å². The third-order valence-electron chi connectivity index (χ3n) is 3.53. The van der Waals surface area contributed by atoms with Crippen molar-refractivity contribution in [3.05, 3.63) is 35.9 Å². The van der Waals surface area contributed by atoms with E-state index >= 15 is 0 Å². The van der Waals surface area contributed by atoms with Crippen molar-refractivity contribution >= 4 is 5.97 Å². The van der Waals surface area contributed by atoms with Crippen LogP contribution in [0.15, 0.2) is 30.3 Å². The van der Waals surface area contributed by atoms with Crippen LogP contribution in [-0.2, 0) is 9.53 Å². The molecule has 0 N–H and O–H groups in total. The van der Waals surface area contributed by atoms with E-state index in [1.165, 1.54) is 12.7 Å². The quantitative estimate of drug-likeness (QED) is 0.713. The van der Waals surface area contributed by atoms with Gasteiger partial charge >= 0.3 is 5.97 Å². The van der Waals surface area contributed by atoms with Gasteiger partial charge in [-0.3, -0.25) is 4.79 Å². The topological polar surface area (TPSA) is 26.3 Å². The molecule has 0 saturated heterocycles. The van der Waals surface area contributed by atoms with Crippen LogP contribution in [0.4, 0.5) is 0 Å². The molecule has 16 heavy (non-hydrogen) atoms. The first kappa shape index (κ1) is 11.2. The Hall–Kier alpha value is -1.31. The van der Waals surface area contributed by atoms with Crippen molar-refractivity contribution in [2.45, 2.75) is 31.6 Å². The average molecular weight is 218 g/mol. The Balaban J connectivity index is 1.93. The van der Waals surface area contributed by atoms with E-state index < -0.39 is 0 Å². The number of hydrogen-bond donors (Lipinski definition) is 0. The number of esters is 1. The van der Waals surface area contributed by atoms with Gasteiger partial charge in [-0.15, -0.1) is 0 Å². The molecule has 2 nitrogen and oxygen atoms in total. The fourth-order valence-corrected chi connectivity index (χ4v) is 2.55. The van der Waals surface area contributed by atoms with Crippen LogP contribution in [0, 0.1) is 5.92 Å². The van der Waals surface area contributed by atoms with Crippen molar-refractivity contribution in [1.82, 2.24) is 0 Å². The van der Waals surface area contributed by atoms with Crippen molar-refractivity contribution in [2.24, 2.45) is 5.92 Å². The van der Waals surface area contributed by atoms with E-state index in [4.69, 9.17) is 4.74 Å². The standard InChI is InChI=1S/C14H18O2/c1-16-14(15)13-9-7-12(8-10-13)11-5-3-2-4-6-11/h2-6,12-13H,7-10H2,1H3. The van der Waals surface area contributed by atoms with Crippen LogP contribution in [0.5, 0.6) is 0 Å². The van der Waals surface area contributed by atoms with Gasteiger partial charge in [0.2, 0.25) is 0 Å². The summed E-state index contributed by atoms with van der Waals surface area (Å²) in [6, 6.07) is 10.6. The molecule has 1 aromatic rings.